The van der Waals surface area contributed by atoms with E-state index in [1.807, 2.05) is 6.08 Å². The molecule has 0 atom stereocenters. The molecule has 0 aromatic rings. The molecule has 1 aliphatic rings. The van der Waals surface area contributed by atoms with E-state index < -0.39 is 0 Å². The third kappa shape index (κ3) is 2.99. The van der Waals surface area contributed by atoms with Crippen LogP contribution in [-0.4, -0.2) is 30.4 Å². The van der Waals surface area contributed by atoms with Crippen molar-refractivity contribution >= 4 is 11.6 Å². The summed E-state index contributed by atoms with van der Waals surface area (Å²) < 4.78 is 0. The van der Waals surface area contributed by atoms with Gasteiger partial charge in [0, 0.05) is 19.0 Å². The maximum Gasteiger partial charge on any atom is 0.0404 e. The molecule has 0 saturated carbocycles. The average molecular weight is 216 g/mol. The van der Waals surface area contributed by atoms with Gasteiger partial charge in [0.25, 0.3) is 0 Å². The third-order valence-corrected chi connectivity index (χ3v) is 3.81. The van der Waals surface area contributed by atoms with Gasteiger partial charge in [-0.25, -0.2) is 0 Å². The van der Waals surface area contributed by atoms with E-state index in [0.29, 0.717) is 11.3 Å². The third-order valence-electron chi connectivity index (χ3n) is 3.64. The molecule has 1 rings (SSSR count). The number of hydrogen-bond acceptors (Lipinski definition) is 1. The molecule has 0 aromatic heterocycles. The summed E-state index contributed by atoms with van der Waals surface area (Å²) in [5, 5.41) is 0. The zero-order chi connectivity index (χ0) is 10.4. The van der Waals surface area contributed by atoms with Crippen LogP contribution in [0.2, 0.25) is 0 Å². The molecule has 1 aliphatic heterocycles. The minimum atomic E-state index is 0.606. The molecule has 0 N–H and O–H groups in total. The minimum absolute atomic E-state index is 0.606. The Bertz CT molecular complexity index is 185. The second-order valence-corrected chi connectivity index (χ2v) is 4.63. The molecule has 0 aromatic carbocycles. The van der Waals surface area contributed by atoms with Crippen LogP contribution in [0.15, 0.2) is 12.2 Å². The molecule has 82 valence electrons. The SMILES string of the molecule is CCC1(CC)CCN(CC=CCCl)C1. The van der Waals surface area contributed by atoms with Crippen molar-refractivity contribution in [3.8, 4) is 0 Å². The van der Waals surface area contributed by atoms with E-state index in [1.165, 1.54) is 32.4 Å². The minimum Gasteiger partial charge on any atom is -0.299 e. The Hall–Kier alpha value is -0.0100. The van der Waals surface area contributed by atoms with Crippen molar-refractivity contribution in [3.05, 3.63) is 12.2 Å². The molecule has 1 saturated heterocycles. The fraction of sp³-hybridized carbons (Fsp3) is 0.833. The van der Waals surface area contributed by atoms with E-state index in [1.54, 1.807) is 0 Å². The Labute approximate surface area is 93.1 Å². The van der Waals surface area contributed by atoms with E-state index >= 15 is 0 Å². The zero-order valence-electron chi connectivity index (χ0n) is 9.43. The van der Waals surface area contributed by atoms with E-state index in [4.69, 9.17) is 11.6 Å². The van der Waals surface area contributed by atoms with Crippen LogP contribution in [0.1, 0.15) is 33.1 Å². The Balaban J connectivity index is 2.36. The summed E-state index contributed by atoms with van der Waals surface area (Å²) in [6, 6.07) is 0. The van der Waals surface area contributed by atoms with Crippen LogP contribution < -0.4 is 0 Å². The maximum atomic E-state index is 5.59. The normalized spacial score (nSPS) is 22.2. The fourth-order valence-corrected chi connectivity index (χ4v) is 2.42. The first-order chi connectivity index (χ1) is 6.76. The summed E-state index contributed by atoms with van der Waals surface area (Å²) in [4.78, 5) is 2.54. The van der Waals surface area contributed by atoms with Gasteiger partial charge in [0.1, 0.15) is 0 Å². The van der Waals surface area contributed by atoms with Crippen LogP contribution in [0.5, 0.6) is 0 Å². The van der Waals surface area contributed by atoms with Crippen LogP contribution in [0.25, 0.3) is 0 Å². The van der Waals surface area contributed by atoms with Crippen LogP contribution >= 0.6 is 11.6 Å². The number of nitrogens with zero attached hydrogens (tertiary/aromatic N) is 1. The van der Waals surface area contributed by atoms with Crippen molar-refractivity contribution in [3.63, 3.8) is 0 Å². The van der Waals surface area contributed by atoms with E-state index in [0.717, 1.165) is 6.54 Å². The smallest absolute Gasteiger partial charge is 0.0404 e. The highest BCUT2D eigenvalue weighted by atomic mass is 35.5. The number of allylic oxidation sites excluding steroid dienone is 1. The van der Waals surface area contributed by atoms with E-state index in [-0.39, 0.29) is 0 Å². The summed E-state index contributed by atoms with van der Waals surface area (Å²) in [7, 11) is 0. The van der Waals surface area contributed by atoms with Gasteiger partial charge in [-0.1, -0.05) is 26.0 Å². The second kappa shape index (κ2) is 5.77. The van der Waals surface area contributed by atoms with Crippen molar-refractivity contribution < 1.29 is 0 Å². The molecular formula is C12H22ClN. The summed E-state index contributed by atoms with van der Waals surface area (Å²) in [5.41, 5.74) is 0.606. The predicted octanol–water partition coefficient (Wildman–Crippen LogP) is 3.29. The van der Waals surface area contributed by atoms with Crippen molar-refractivity contribution in [2.45, 2.75) is 33.1 Å². The van der Waals surface area contributed by atoms with Gasteiger partial charge in [-0.2, -0.15) is 0 Å². The first kappa shape index (κ1) is 12.1. The molecule has 1 heterocycles. The number of hydrogen-bond donors (Lipinski definition) is 0. The lowest BCUT2D eigenvalue weighted by Gasteiger charge is -2.26. The van der Waals surface area contributed by atoms with Crippen molar-refractivity contribution in [1.29, 1.82) is 0 Å². The predicted molar refractivity (Wildman–Crippen MR) is 63.9 cm³/mol. The first-order valence-electron chi connectivity index (χ1n) is 5.69. The Kier molecular flexibility index (Phi) is 4.97. The standard InChI is InChI=1S/C12H22ClN/c1-3-12(4-2)7-10-14(11-12)9-6-5-8-13/h5-6H,3-4,7-11H2,1-2H3. The first-order valence-corrected chi connectivity index (χ1v) is 6.23. The summed E-state index contributed by atoms with van der Waals surface area (Å²) in [6.07, 6.45) is 8.24. The second-order valence-electron chi connectivity index (χ2n) is 4.32. The van der Waals surface area contributed by atoms with Gasteiger partial charge >= 0.3 is 0 Å². The fourth-order valence-electron chi connectivity index (χ4n) is 2.30. The van der Waals surface area contributed by atoms with Gasteiger partial charge in [-0.15, -0.1) is 11.6 Å². The lowest BCUT2D eigenvalue weighted by molar-refractivity contribution is 0.251. The lowest BCUT2D eigenvalue weighted by atomic mass is 9.82. The molecule has 0 bridgehead atoms. The Morgan fingerprint density at radius 2 is 2.00 bits per heavy atom. The van der Waals surface area contributed by atoms with E-state index in [2.05, 4.69) is 24.8 Å². The molecule has 0 aliphatic carbocycles. The van der Waals surface area contributed by atoms with Gasteiger partial charge in [-0.05, 0) is 31.2 Å². The molecule has 14 heavy (non-hydrogen) atoms. The molecule has 1 nitrogen and oxygen atoms in total. The van der Waals surface area contributed by atoms with Crippen LogP contribution in [0.3, 0.4) is 0 Å². The summed E-state index contributed by atoms with van der Waals surface area (Å²) >= 11 is 5.59. The molecule has 0 amide bonds. The summed E-state index contributed by atoms with van der Waals surface area (Å²) in [5.74, 6) is 0.639. The highest BCUT2D eigenvalue weighted by Gasteiger charge is 2.33. The average Bonchev–Trinajstić information content (AvgIpc) is 2.63. The number of alkyl halides is 1. The van der Waals surface area contributed by atoms with Gasteiger partial charge in [-0.3, -0.25) is 4.90 Å². The topological polar surface area (TPSA) is 3.24 Å². The van der Waals surface area contributed by atoms with Crippen molar-refractivity contribution in [1.82, 2.24) is 4.90 Å². The van der Waals surface area contributed by atoms with Crippen LogP contribution in [-0.2, 0) is 0 Å². The number of rotatable bonds is 5. The van der Waals surface area contributed by atoms with Crippen molar-refractivity contribution in [2.75, 3.05) is 25.5 Å². The Morgan fingerprint density at radius 1 is 1.29 bits per heavy atom. The van der Waals surface area contributed by atoms with Crippen LogP contribution in [0.4, 0.5) is 0 Å². The summed E-state index contributed by atoms with van der Waals surface area (Å²) in [6.45, 7) is 8.25. The highest BCUT2D eigenvalue weighted by Crippen LogP contribution is 2.36. The van der Waals surface area contributed by atoms with Gasteiger partial charge in [0.05, 0.1) is 0 Å². The zero-order valence-corrected chi connectivity index (χ0v) is 10.2. The maximum absolute atomic E-state index is 5.59. The monoisotopic (exact) mass is 215 g/mol. The number of likely N-dealkylation sites (tertiary alicyclic amines) is 1. The molecule has 0 unspecified atom stereocenters. The van der Waals surface area contributed by atoms with E-state index in [9.17, 15) is 0 Å². The van der Waals surface area contributed by atoms with Crippen molar-refractivity contribution in [2.24, 2.45) is 5.41 Å². The molecule has 0 radical (unpaired) electrons. The lowest BCUT2D eigenvalue weighted by Crippen LogP contribution is -2.26. The highest BCUT2D eigenvalue weighted by molar-refractivity contribution is 6.18. The molecule has 1 fully saturated rings. The largest absolute Gasteiger partial charge is 0.299 e. The molecule has 0 spiro atoms. The van der Waals surface area contributed by atoms with Gasteiger partial charge in [0.2, 0.25) is 0 Å². The van der Waals surface area contributed by atoms with Gasteiger partial charge in [0.15, 0.2) is 0 Å². The van der Waals surface area contributed by atoms with Gasteiger partial charge < -0.3 is 0 Å². The van der Waals surface area contributed by atoms with Crippen LogP contribution in [0, 0.1) is 5.41 Å². The number of halogens is 1. The Morgan fingerprint density at radius 3 is 2.50 bits per heavy atom. The quantitative estimate of drug-likeness (QED) is 0.503. The molecule has 2 heteroatoms. The molecular weight excluding hydrogens is 194 g/mol.